The average Bonchev–Trinajstić information content (AvgIpc) is 1.63. The molecule has 0 saturated carbocycles. The SMILES string of the molecule is C=P(C)(C)CC[C@H]1O[C@@H](n2c(=S)[nH]c3c(=O)[nH]c(C)nc32)[C@H](O)[C@@H]1O.C=P(C)(C)CC[C@H]1O[C@@H](n2c(Br)nc3c(=O)[nH]c(C)nc32)[C@H](O)[C@@H]1O.C=P(C)(C)CC[C@H]1O[C@@H](n2c(I)nc3c(=O)[nH]c(C)nc32)[C@H](O)[C@@H]1O.C=P(C)(C)CC[C@H]1O[C@@H](n2c(SC)nc3c(=O)[nH]c(C)nc32)[C@H](O)[C@@H]1O.C=P(C)(C)CC[C@H]1O[C@@H](n2c(SCC)nc3c(=O)[nH]c(C)nc32)[C@H](O)[C@@H]1O. The van der Waals surface area contributed by atoms with Gasteiger partial charge in [-0.15, -0.1) is 65.9 Å². The van der Waals surface area contributed by atoms with Crippen molar-refractivity contribution in [3.8, 4) is 0 Å². The summed E-state index contributed by atoms with van der Waals surface area (Å²) >= 11 is 13.3. The van der Waals surface area contributed by atoms with Crippen molar-refractivity contribution in [2.24, 2.45) is 0 Å². The van der Waals surface area contributed by atoms with Crippen LogP contribution in [-0.2, 0) is 23.7 Å². The van der Waals surface area contributed by atoms with E-state index in [0.29, 0.717) is 108 Å². The molecule has 16 N–H and O–H groups in total. The third-order valence-corrected chi connectivity index (χ3v) is 32.2. The molecule has 5 aliphatic rings. The Morgan fingerprint density at radius 2 is 0.633 bits per heavy atom. The van der Waals surface area contributed by atoms with Crippen LogP contribution in [0.25, 0.3) is 55.8 Å². The van der Waals surface area contributed by atoms with Crippen LogP contribution >= 0.6 is 109 Å². The maximum atomic E-state index is 12.3. The Hall–Kier alpha value is -5.22. The minimum absolute atomic E-state index is 0.149. The number of H-pyrrole nitrogens is 6. The van der Waals surface area contributed by atoms with Crippen LogP contribution in [0.1, 0.15) is 99.3 Å². The topological polar surface area (TPSA) is 569 Å². The molecule has 708 valence electrons. The molecule has 40 nitrogen and oxygen atoms in total. The van der Waals surface area contributed by atoms with E-state index in [0.717, 1.165) is 36.6 Å². The zero-order valence-electron chi connectivity index (χ0n) is 74.4. The van der Waals surface area contributed by atoms with Crippen LogP contribution < -0.4 is 27.8 Å². The number of thioether (sulfide) groups is 2. The molecular formula is C78H119BrIN20O20P5S3. The van der Waals surface area contributed by atoms with E-state index in [2.05, 4.69) is 189 Å². The van der Waals surface area contributed by atoms with Crippen LogP contribution in [-0.4, -0.2) is 381 Å². The first-order valence-electron chi connectivity index (χ1n) is 41.1. The molecule has 10 aromatic heterocycles. The highest BCUT2D eigenvalue weighted by Gasteiger charge is 2.50. The molecule has 0 aliphatic carbocycles. The van der Waals surface area contributed by atoms with Gasteiger partial charge >= 0.3 is 0 Å². The molecule has 5 saturated heterocycles. The van der Waals surface area contributed by atoms with Crippen molar-refractivity contribution < 1.29 is 74.7 Å². The number of fused-ring (bicyclic) bond motifs is 5. The lowest BCUT2D eigenvalue weighted by Crippen LogP contribution is -2.32. The van der Waals surface area contributed by atoms with Gasteiger partial charge in [-0.1, -0.05) is 30.4 Å². The number of aliphatic hydroxyl groups is 10. The van der Waals surface area contributed by atoms with Crippen molar-refractivity contribution in [3.63, 3.8) is 0 Å². The predicted molar refractivity (Wildman–Crippen MR) is 527 cm³/mol. The van der Waals surface area contributed by atoms with Crippen molar-refractivity contribution in [2.45, 2.75) is 207 Å². The molecule has 128 heavy (non-hydrogen) atoms. The van der Waals surface area contributed by atoms with E-state index >= 15 is 0 Å². The number of aryl methyl sites for hydroxylation is 5. The van der Waals surface area contributed by atoms with Gasteiger partial charge in [-0.05, 0) is 204 Å². The molecule has 50 heteroatoms. The fourth-order valence-electron chi connectivity index (χ4n) is 15.2. The van der Waals surface area contributed by atoms with E-state index in [1.807, 2.05) is 35.8 Å². The van der Waals surface area contributed by atoms with Crippen molar-refractivity contribution in [2.75, 3.05) is 109 Å². The van der Waals surface area contributed by atoms with Crippen LogP contribution in [0.5, 0.6) is 0 Å². The summed E-state index contributed by atoms with van der Waals surface area (Å²) in [7, 11) is 0. The van der Waals surface area contributed by atoms with Gasteiger partial charge in [-0.3, -0.25) is 46.8 Å². The zero-order chi connectivity index (χ0) is 94.7. The van der Waals surface area contributed by atoms with Crippen molar-refractivity contribution in [1.29, 1.82) is 0 Å². The van der Waals surface area contributed by atoms with Crippen molar-refractivity contribution >= 4 is 196 Å². The summed E-state index contributed by atoms with van der Waals surface area (Å²) < 4.78 is 38.6. The highest BCUT2D eigenvalue weighted by molar-refractivity contribution is 14.1. The zero-order valence-corrected chi connectivity index (χ0v) is 85.1. The van der Waals surface area contributed by atoms with Crippen molar-refractivity contribution in [3.05, 3.63) is 94.2 Å². The van der Waals surface area contributed by atoms with Gasteiger partial charge in [0.2, 0.25) is 0 Å². The third-order valence-electron chi connectivity index (χ3n) is 21.7. The van der Waals surface area contributed by atoms with E-state index < -0.39 is 157 Å². The minimum atomic E-state index is -1.27. The van der Waals surface area contributed by atoms with Gasteiger partial charge in [0.1, 0.15) is 90.2 Å². The number of hydrogen-bond acceptors (Lipinski definition) is 32. The second kappa shape index (κ2) is 41.1. The normalized spacial score (nSPS) is 26.9. The average molecular weight is 2110 g/mol. The summed E-state index contributed by atoms with van der Waals surface area (Å²) in [6.07, 6.45) is 12.4. The minimum Gasteiger partial charge on any atom is -0.388 e. The first-order valence-corrected chi connectivity index (χ1v) is 60.8. The molecule has 0 unspecified atom stereocenters. The lowest BCUT2D eigenvalue weighted by Gasteiger charge is -2.19. The summed E-state index contributed by atoms with van der Waals surface area (Å²) in [5, 5.41) is 106. The molecule has 0 amide bonds. The molecule has 5 fully saturated rings. The third kappa shape index (κ3) is 23.8. The van der Waals surface area contributed by atoms with Gasteiger partial charge < -0.3 is 105 Å². The van der Waals surface area contributed by atoms with E-state index in [4.69, 9.17) is 35.9 Å². The predicted octanol–water partition coefficient (Wildman–Crippen LogP) is 4.60. The molecule has 5 aliphatic heterocycles. The van der Waals surface area contributed by atoms with Gasteiger partial charge in [0.25, 0.3) is 27.8 Å². The molecular weight excluding hydrogens is 1990 g/mol. The van der Waals surface area contributed by atoms with Crippen LogP contribution in [0.4, 0.5) is 0 Å². The summed E-state index contributed by atoms with van der Waals surface area (Å²) in [4.78, 5) is 115. The Morgan fingerprint density at radius 3 is 0.953 bits per heavy atom. The molecule has 0 spiro atoms. The Morgan fingerprint density at radius 1 is 0.375 bits per heavy atom. The van der Waals surface area contributed by atoms with E-state index in [9.17, 15) is 75.0 Å². The molecule has 15 rings (SSSR count). The quantitative estimate of drug-likeness (QED) is 0.0137. The lowest BCUT2D eigenvalue weighted by atomic mass is 10.1. The standard InChI is InChI=1S/C17H27N4O4PS.C16H25N4O4PS.C15H22BrN4O4P.C15H22IN4O4P.C15H23N4O4PS/c1-6-27-17-20-11-14(18-9(2)19-15(11)24)21(17)16-13(23)12(22)10(25-16)7-8-26(3,4)5;1-8-17-13-10(14(23)18-8)19-16(26-5)20(13)15-12(22)11(21)9(24-15)6-7-25(2,3)4;2*1-7-17-12-9(13(23)18-7)19-15(16)20(12)14-11(22)10(21)8(24-14)5-6-25(2,3)4;1-7-16-12-9(13(22)17-7)18-15(25)19(12)14-11(21)10(20)8(23-14)5-6-24(2,3)4/h10,12-13,16,22-23H,3,6-8H2,1-2,4-5H3,(H,18,19,24);9,11-12,15,21-22H,2,6-7H2,1,3-5H3,(H,17,18,23);2*8,10-11,14,21-22H,2,5-6H2,1,3-4H3,(H,17,18,23);8,10-11,14,20-21H,2,5-6H2,1,3-4H3,(H,18,25)(H,16,17,22)/t10-,12-,13-,16-;9-,11-,12-,15-;3*8-,10-,11-,14-/m11111/s1. The Balaban J connectivity index is 0.000000155. The first-order chi connectivity index (χ1) is 59.5. The Bertz CT molecular complexity index is 6240. The van der Waals surface area contributed by atoms with Crippen LogP contribution in [0, 0.1) is 43.2 Å². The lowest BCUT2D eigenvalue weighted by molar-refractivity contribution is -0.0400. The second-order valence-electron chi connectivity index (χ2n) is 36.1. The number of aliphatic hydroxyl groups excluding tert-OH is 10. The number of nitrogens with one attached hydrogen (secondary N) is 6. The highest BCUT2D eigenvalue weighted by atomic mass is 127. The maximum Gasteiger partial charge on any atom is 0.279 e. The number of ether oxygens (including phenoxy) is 5. The number of aromatic amines is 6. The van der Waals surface area contributed by atoms with Gasteiger partial charge in [0.05, 0.1) is 30.5 Å². The number of hydrogen-bond donors (Lipinski definition) is 16. The molecule has 20 atom stereocenters. The van der Waals surface area contributed by atoms with Gasteiger partial charge in [-0.25, -0.2) is 44.9 Å². The van der Waals surface area contributed by atoms with E-state index in [1.165, 1.54) is 32.7 Å². The maximum absolute atomic E-state index is 12.3. The largest absolute Gasteiger partial charge is 0.388 e. The Kier molecular flexibility index (Phi) is 33.2. The Labute approximate surface area is 773 Å². The fourth-order valence-corrected chi connectivity index (χ4v) is 22.9. The monoisotopic (exact) mass is 2110 g/mol. The van der Waals surface area contributed by atoms with Crippen molar-refractivity contribution in [1.82, 2.24) is 97.6 Å². The summed E-state index contributed by atoms with van der Waals surface area (Å²) in [5.41, 5.74) is 0.870. The molecule has 0 aromatic carbocycles. The first kappa shape index (κ1) is 103. The molecule has 15 heterocycles. The van der Waals surface area contributed by atoms with Crippen LogP contribution in [0.3, 0.4) is 0 Å². The second-order valence-corrected chi connectivity index (χ2v) is 61.7. The summed E-state index contributed by atoms with van der Waals surface area (Å²) in [6, 6.07) is 0. The van der Waals surface area contributed by atoms with E-state index in [1.54, 1.807) is 48.3 Å². The van der Waals surface area contributed by atoms with Crippen LogP contribution in [0.15, 0.2) is 39.0 Å². The molecule has 0 bridgehead atoms. The number of imidazole rings is 5. The van der Waals surface area contributed by atoms with Crippen LogP contribution in [0.2, 0.25) is 0 Å². The summed E-state index contributed by atoms with van der Waals surface area (Å²) in [6.45, 7) is 25.2. The number of rotatable bonds is 23. The van der Waals surface area contributed by atoms with Gasteiger partial charge in [0.15, 0.2) is 111 Å². The number of nitrogens with zero attached hydrogens (tertiary/aromatic N) is 14. The highest BCUT2D eigenvalue weighted by Crippen LogP contribution is 2.47. The summed E-state index contributed by atoms with van der Waals surface area (Å²) in [5.74, 6) is 2.94. The van der Waals surface area contributed by atoms with E-state index in [-0.39, 0.29) is 60.2 Å². The van der Waals surface area contributed by atoms with Gasteiger partial charge in [0, 0.05) is 22.6 Å². The fraction of sp³-hybridized carbons (Fsp3) is 0.615. The number of halogens is 2. The molecule has 0 radical (unpaired) electrons. The smallest absolute Gasteiger partial charge is 0.279 e. The number of aromatic nitrogens is 20. The molecule has 10 aromatic rings. The van der Waals surface area contributed by atoms with Gasteiger partial charge in [-0.2, -0.15) is 0 Å².